The maximum Gasteiger partial charge on any atom is 0.275 e. The molecular formula is C12H13BrFNO3. The molecule has 0 N–H and O–H groups in total. The first-order valence-electron chi connectivity index (χ1n) is 5.67. The molecule has 1 aromatic rings. The minimum absolute atomic E-state index is 0.0473. The number of nitro groups is 1. The molecule has 0 heterocycles. The number of hydrogen-bond donors (Lipinski definition) is 0. The van der Waals surface area contributed by atoms with E-state index in [-0.39, 0.29) is 16.3 Å². The Hall–Kier alpha value is -1.17. The molecule has 1 fully saturated rings. The van der Waals surface area contributed by atoms with E-state index in [1.54, 1.807) is 0 Å². The van der Waals surface area contributed by atoms with Crippen molar-refractivity contribution in [3.8, 4) is 5.75 Å². The largest absolute Gasteiger partial charge is 0.494 e. The Morgan fingerprint density at radius 1 is 1.61 bits per heavy atom. The van der Waals surface area contributed by atoms with Crippen molar-refractivity contribution < 1.29 is 14.1 Å². The molecule has 1 aromatic carbocycles. The van der Waals surface area contributed by atoms with Crippen LogP contribution in [0, 0.1) is 21.8 Å². The number of rotatable bonds is 5. The van der Waals surface area contributed by atoms with Crippen LogP contribution in [-0.2, 0) is 6.42 Å². The van der Waals surface area contributed by atoms with Gasteiger partial charge in [-0.05, 0) is 31.2 Å². The number of ether oxygens (including phenoxy) is 1. The van der Waals surface area contributed by atoms with Crippen LogP contribution in [0.2, 0.25) is 0 Å². The molecule has 6 heteroatoms. The Morgan fingerprint density at radius 2 is 2.28 bits per heavy atom. The minimum Gasteiger partial charge on any atom is -0.494 e. The zero-order valence-corrected chi connectivity index (χ0v) is 11.4. The van der Waals surface area contributed by atoms with Crippen molar-refractivity contribution in [1.82, 2.24) is 0 Å². The summed E-state index contributed by atoms with van der Waals surface area (Å²) in [6.07, 6.45) is 2.79. The Balaban J connectivity index is 2.32. The van der Waals surface area contributed by atoms with Gasteiger partial charge in [-0.3, -0.25) is 10.1 Å². The standard InChI is InChI=1S/C12H13BrFNO3/c1-18-12-5-8(4-9(13)7-2-3-7)11(15(16)17)6-10(12)14/h5-7,9H,2-4H2,1H3. The molecule has 1 atom stereocenters. The van der Waals surface area contributed by atoms with Crippen LogP contribution >= 0.6 is 15.9 Å². The van der Waals surface area contributed by atoms with Crippen molar-refractivity contribution in [3.63, 3.8) is 0 Å². The van der Waals surface area contributed by atoms with Crippen LogP contribution in [0.5, 0.6) is 5.75 Å². The highest BCUT2D eigenvalue weighted by molar-refractivity contribution is 9.09. The van der Waals surface area contributed by atoms with E-state index in [4.69, 9.17) is 4.74 Å². The highest BCUT2D eigenvalue weighted by Crippen LogP contribution is 2.40. The van der Waals surface area contributed by atoms with Crippen molar-refractivity contribution in [3.05, 3.63) is 33.6 Å². The van der Waals surface area contributed by atoms with Crippen LogP contribution in [0.4, 0.5) is 10.1 Å². The van der Waals surface area contributed by atoms with Gasteiger partial charge in [0.15, 0.2) is 11.6 Å². The third-order valence-corrected chi connectivity index (χ3v) is 4.17. The molecule has 0 amide bonds. The summed E-state index contributed by atoms with van der Waals surface area (Å²) < 4.78 is 18.3. The summed E-state index contributed by atoms with van der Waals surface area (Å²) in [6.45, 7) is 0. The quantitative estimate of drug-likeness (QED) is 0.475. The lowest BCUT2D eigenvalue weighted by atomic mass is 10.0. The van der Waals surface area contributed by atoms with Crippen LogP contribution in [0.25, 0.3) is 0 Å². The summed E-state index contributed by atoms with van der Waals surface area (Å²) in [5.41, 5.74) is 0.324. The molecule has 0 aromatic heterocycles. The fourth-order valence-electron chi connectivity index (χ4n) is 1.91. The van der Waals surface area contributed by atoms with Crippen LogP contribution in [0.15, 0.2) is 12.1 Å². The summed E-state index contributed by atoms with van der Waals surface area (Å²) in [6, 6.07) is 2.35. The maximum absolute atomic E-state index is 13.5. The van der Waals surface area contributed by atoms with Gasteiger partial charge < -0.3 is 4.74 Å². The molecule has 0 bridgehead atoms. The number of halogens is 2. The fraction of sp³-hybridized carbons (Fsp3) is 0.500. The summed E-state index contributed by atoms with van der Waals surface area (Å²) in [5, 5.41) is 10.9. The van der Waals surface area contributed by atoms with E-state index in [1.165, 1.54) is 13.2 Å². The van der Waals surface area contributed by atoms with Gasteiger partial charge in [-0.2, -0.15) is 0 Å². The van der Waals surface area contributed by atoms with Gasteiger partial charge in [0.2, 0.25) is 0 Å². The van der Waals surface area contributed by atoms with E-state index in [9.17, 15) is 14.5 Å². The SMILES string of the molecule is COc1cc(CC(Br)C2CC2)c([N+](=O)[O-])cc1F. The first kappa shape index (κ1) is 13.3. The van der Waals surface area contributed by atoms with Crippen LogP contribution in [-0.4, -0.2) is 16.9 Å². The number of hydrogen-bond acceptors (Lipinski definition) is 3. The van der Waals surface area contributed by atoms with Gasteiger partial charge in [0, 0.05) is 10.4 Å². The molecule has 4 nitrogen and oxygen atoms in total. The fourth-order valence-corrected chi connectivity index (χ4v) is 2.79. The molecule has 0 radical (unpaired) electrons. The molecular weight excluding hydrogens is 305 g/mol. The van der Waals surface area contributed by atoms with Crippen molar-refractivity contribution in [1.29, 1.82) is 0 Å². The predicted molar refractivity (Wildman–Crippen MR) is 68.7 cm³/mol. The topological polar surface area (TPSA) is 52.4 Å². The lowest BCUT2D eigenvalue weighted by Crippen LogP contribution is -2.08. The molecule has 1 saturated carbocycles. The van der Waals surface area contributed by atoms with Gasteiger partial charge in [-0.15, -0.1) is 0 Å². The molecule has 18 heavy (non-hydrogen) atoms. The first-order chi connectivity index (χ1) is 8.52. The van der Waals surface area contributed by atoms with Crippen LogP contribution in [0.1, 0.15) is 18.4 Å². The second kappa shape index (κ2) is 5.22. The van der Waals surface area contributed by atoms with Gasteiger partial charge in [0.05, 0.1) is 18.1 Å². The Bertz CT molecular complexity index is 477. The van der Waals surface area contributed by atoms with Crippen molar-refractivity contribution in [2.75, 3.05) is 7.11 Å². The van der Waals surface area contributed by atoms with Gasteiger partial charge in [-0.25, -0.2) is 4.39 Å². The predicted octanol–water partition coefficient (Wildman–Crippen LogP) is 3.46. The van der Waals surface area contributed by atoms with Crippen molar-refractivity contribution >= 4 is 21.6 Å². The summed E-state index contributed by atoms with van der Waals surface area (Å²) in [5.74, 6) is -0.0859. The zero-order chi connectivity index (χ0) is 13.3. The van der Waals surface area contributed by atoms with E-state index < -0.39 is 10.7 Å². The number of benzene rings is 1. The van der Waals surface area contributed by atoms with E-state index in [1.807, 2.05) is 0 Å². The molecule has 0 spiro atoms. The molecule has 1 unspecified atom stereocenters. The summed E-state index contributed by atoms with van der Waals surface area (Å²) in [7, 11) is 1.35. The molecule has 0 aliphatic heterocycles. The molecule has 98 valence electrons. The zero-order valence-electron chi connectivity index (χ0n) is 9.86. The summed E-state index contributed by atoms with van der Waals surface area (Å²) in [4.78, 5) is 10.6. The minimum atomic E-state index is -0.703. The maximum atomic E-state index is 13.5. The van der Waals surface area contributed by atoms with E-state index >= 15 is 0 Å². The Kier molecular flexibility index (Phi) is 3.85. The van der Waals surface area contributed by atoms with E-state index in [0.717, 1.165) is 18.9 Å². The first-order valence-corrected chi connectivity index (χ1v) is 6.59. The van der Waals surface area contributed by atoms with Gasteiger partial charge in [0.25, 0.3) is 5.69 Å². The molecule has 1 aliphatic rings. The number of alkyl halides is 1. The molecule has 0 saturated heterocycles. The highest BCUT2D eigenvalue weighted by Gasteiger charge is 2.31. The third-order valence-electron chi connectivity index (χ3n) is 3.10. The highest BCUT2D eigenvalue weighted by atomic mass is 79.9. The van der Waals surface area contributed by atoms with Crippen molar-refractivity contribution in [2.45, 2.75) is 24.1 Å². The Morgan fingerprint density at radius 3 is 2.78 bits per heavy atom. The summed E-state index contributed by atoms with van der Waals surface area (Å²) >= 11 is 3.53. The van der Waals surface area contributed by atoms with E-state index in [0.29, 0.717) is 17.9 Å². The lowest BCUT2D eigenvalue weighted by Gasteiger charge is -2.10. The number of nitro benzene ring substituents is 1. The lowest BCUT2D eigenvalue weighted by molar-refractivity contribution is -0.385. The normalized spacial score (nSPS) is 16.4. The third kappa shape index (κ3) is 2.80. The smallest absolute Gasteiger partial charge is 0.275 e. The van der Waals surface area contributed by atoms with Crippen LogP contribution < -0.4 is 4.74 Å². The van der Waals surface area contributed by atoms with E-state index in [2.05, 4.69) is 15.9 Å². The molecule has 1 aliphatic carbocycles. The van der Waals surface area contributed by atoms with Gasteiger partial charge in [-0.1, -0.05) is 15.9 Å². The van der Waals surface area contributed by atoms with Gasteiger partial charge in [0.1, 0.15) is 0 Å². The molecule has 2 rings (SSSR count). The van der Waals surface area contributed by atoms with Crippen LogP contribution in [0.3, 0.4) is 0 Å². The average molecular weight is 318 g/mol. The monoisotopic (exact) mass is 317 g/mol. The van der Waals surface area contributed by atoms with Gasteiger partial charge >= 0.3 is 0 Å². The second-order valence-electron chi connectivity index (χ2n) is 4.43. The number of methoxy groups -OCH3 is 1. The number of nitrogens with zero attached hydrogens (tertiary/aromatic N) is 1. The Labute approximate surface area is 112 Å². The second-order valence-corrected chi connectivity index (χ2v) is 5.61. The van der Waals surface area contributed by atoms with Crippen molar-refractivity contribution in [2.24, 2.45) is 5.92 Å². The average Bonchev–Trinajstić information content (AvgIpc) is 3.14.